The number of nitro groups is 1. The molecule has 0 bridgehead atoms. The fourth-order valence-electron chi connectivity index (χ4n) is 3.33. The Morgan fingerprint density at radius 3 is 2.55 bits per heavy atom. The van der Waals surface area contributed by atoms with Crippen LogP contribution in [0.1, 0.15) is 18.1 Å². The van der Waals surface area contributed by atoms with Crippen molar-refractivity contribution in [3.05, 3.63) is 86.8 Å². The van der Waals surface area contributed by atoms with E-state index in [0.717, 1.165) is 21.9 Å². The molecule has 156 valence electrons. The third-order valence-electron chi connectivity index (χ3n) is 4.94. The summed E-state index contributed by atoms with van der Waals surface area (Å²) in [5.74, 6) is 0.519. The Hall–Kier alpha value is -3.23. The molecule has 0 aromatic heterocycles. The van der Waals surface area contributed by atoms with Crippen LogP contribution < -0.4 is 4.74 Å². The zero-order valence-electron chi connectivity index (χ0n) is 16.6. The molecule has 31 heavy (non-hydrogen) atoms. The predicted molar refractivity (Wildman–Crippen MR) is 127 cm³/mol. The van der Waals surface area contributed by atoms with Crippen molar-refractivity contribution in [2.45, 2.75) is 13.5 Å². The zero-order chi connectivity index (χ0) is 22.0. The number of carbonyl (C=O) groups excluding carboxylic acids is 1. The van der Waals surface area contributed by atoms with E-state index in [9.17, 15) is 14.9 Å². The van der Waals surface area contributed by atoms with Gasteiger partial charge >= 0.3 is 0 Å². The van der Waals surface area contributed by atoms with Crippen molar-refractivity contribution in [1.29, 1.82) is 0 Å². The lowest BCUT2D eigenvalue weighted by atomic mass is 10.0. The van der Waals surface area contributed by atoms with Gasteiger partial charge in [-0.2, -0.15) is 0 Å². The van der Waals surface area contributed by atoms with Crippen LogP contribution in [0.3, 0.4) is 0 Å². The number of thiocarbonyl (C=S) groups is 1. The van der Waals surface area contributed by atoms with Crippen molar-refractivity contribution in [3.8, 4) is 5.75 Å². The molecule has 1 aliphatic rings. The molecule has 0 unspecified atom stereocenters. The van der Waals surface area contributed by atoms with Crippen LogP contribution >= 0.6 is 24.0 Å². The first-order valence-electron chi connectivity index (χ1n) is 9.61. The molecule has 0 saturated carbocycles. The Balaban J connectivity index is 1.69. The van der Waals surface area contributed by atoms with E-state index in [0.29, 0.717) is 21.5 Å². The number of non-ortho nitro benzene ring substituents is 1. The number of fused-ring (bicyclic) bond motifs is 1. The molecule has 1 saturated heterocycles. The predicted octanol–water partition coefficient (Wildman–Crippen LogP) is 5.55. The zero-order valence-corrected chi connectivity index (χ0v) is 18.2. The van der Waals surface area contributed by atoms with E-state index in [1.54, 1.807) is 17.0 Å². The normalized spacial score (nSPS) is 15.1. The van der Waals surface area contributed by atoms with Gasteiger partial charge in [-0.3, -0.25) is 19.8 Å². The number of ether oxygens (including phenoxy) is 1. The van der Waals surface area contributed by atoms with Gasteiger partial charge in [0.2, 0.25) is 0 Å². The van der Waals surface area contributed by atoms with Gasteiger partial charge in [-0.1, -0.05) is 54.3 Å². The largest absolute Gasteiger partial charge is 0.488 e. The third-order valence-corrected chi connectivity index (χ3v) is 6.32. The molecule has 6 nitrogen and oxygen atoms in total. The van der Waals surface area contributed by atoms with Crippen LogP contribution in [0.5, 0.6) is 5.75 Å². The molecule has 0 aliphatic carbocycles. The monoisotopic (exact) mass is 450 g/mol. The van der Waals surface area contributed by atoms with E-state index in [1.807, 2.05) is 49.4 Å². The van der Waals surface area contributed by atoms with Gasteiger partial charge in [0.15, 0.2) is 0 Å². The Labute approximate surface area is 188 Å². The number of nitro benzene ring substituents is 1. The van der Waals surface area contributed by atoms with Crippen molar-refractivity contribution >= 4 is 56.7 Å². The second-order valence-electron chi connectivity index (χ2n) is 6.84. The van der Waals surface area contributed by atoms with Crippen molar-refractivity contribution < 1.29 is 14.5 Å². The maximum absolute atomic E-state index is 12.7. The fourth-order valence-corrected chi connectivity index (χ4v) is 4.70. The molecule has 1 aliphatic heterocycles. The summed E-state index contributed by atoms with van der Waals surface area (Å²) in [6, 6.07) is 18.0. The van der Waals surface area contributed by atoms with E-state index >= 15 is 0 Å². The van der Waals surface area contributed by atoms with Gasteiger partial charge < -0.3 is 4.74 Å². The summed E-state index contributed by atoms with van der Waals surface area (Å²) in [5.41, 5.74) is 1.65. The highest BCUT2D eigenvalue weighted by molar-refractivity contribution is 8.26. The van der Waals surface area contributed by atoms with Crippen LogP contribution in [0.2, 0.25) is 0 Å². The number of nitrogens with zero attached hydrogens (tertiary/aromatic N) is 2. The lowest BCUT2D eigenvalue weighted by molar-refractivity contribution is -0.384. The minimum atomic E-state index is -0.432. The van der Waals surface area contributed by atoms with Gasteiger partial charge in [0.25, 0.3) is 11.6 Å². The molecule has 0 spiro atoms. The molecule has 1 fully saturated rings. The number of hydrogen-bond donors (Lipinski definition) is 0. The molecule has 0 atom stereocenters. The van der Waals surface area contributed by atoms with Crippen LogP contribution in [-0.4, -0.2) is 26.6 Å². The SMILES string of the molecule is CCN1C(=O)C(=Cc2c(OCc3ccc([N+](=O)[O-])cc3)ccc3ccccc23)SC1=S. The van der Waals surface area contributed by atoms with Crippen molar-refractivity contribution in [2.24, 2.45) is 0 Å². The molecule has 0 radical (unpaired) electrons. The fraction of sp³-hybridized carbons (Fsp3) is 0.130. The molecule has 3 aromatic rings. The van der Waals surface area contributed by atoms with Crippen LogP contribution in [0.4, 0.5) is 5.69 Å². The maximum Gasteiger partial charge on any atom is 0.269 e. The number of carbonyl (C=O) groups is 1. The molecule has 3 aromatic carbocycles. The van der Waals surface area contributed by atoms with Gasteiger partial charge in [-0.25, -0.2) is 0 Å². The number of benzene rings is 3. The molecule has 1 amide bonds. The number of rotatable bonds is 6. The van der Waals surface area contributed by atoms with E-state index in [2.05, 4.69) is 0 Å². The van der Waals surface area contributed by atoms with Gasteiger partial charge in [0.1, 0.15) is 16.7 Å². The smallest absolute Gasteiger partial charge is 0.269 e. The molecule has 0 N–H and O–H groups in total. The highest BCUT2D eigenvalue weighted by atomic mass is 32.2. The van der Waals surface area contributed by atoms with Crippen molar-refractivity contribution in [3.63, 3.8) is 0 Å². The van der Waals surface area contributed by atoms with Gasteiger partial charge in [0.05, 0.1) is 9.83 Å². The Morgan fingerprint density at radius 2 is 1.87 bits per heavy atom. The Bertz CT molecular complexity index is 1220. The van der Waals surface area contributed by atoms with Crippen molar-refractivity contribution in [2.75, 3.05) is 6.54 Å². The highest BCUT2D eigenvalue weighted by Crippen LogP contribution is 2.37. The second kappa shape index (κ2) is 8.87. The van der Waals surface area contributed by atoms with E-state index in [1.165, 1.54) is 23.9 Å². The van der Waals surface area contributed by atoms with Gasteiger partial charge in [-0.05, 0) is 47.5 Å². The standard InChI is InChI=1S/C23H18N2O4S2/c1-2-24-22(26)21(31-23(24)30)13-19-18-6-4-3-5-16(18)9-12-20(19)29-14-15-7-10-17(11-8-15)25(27)28/h3-13H,2,14H2,1H3. The molecule has 4 rings (SSSR count). The molecule has 8 heteroatoms. The molecule has 1 heterocycles. The van der Waals surface area contributed by atoms with Gasteiger partial charge in [0, 0.05) is 24.2 Å². The topological polar surface area (TPSA) is 72.7 Å². The highest BCUT2D eigenvalue weighted by Gasteiger charge is 2.31. The summed E-state index contributed by atoms with van der Waals surface area (Å²) < 4.78 is 6.62. The first-order chi connectivity index (χ1) is 15.0. The van der Waals surface area contributed by atoms with E-state index in [4.69, 9.17) is 17.0 Å². The van der Waals surface area contributed by atoms with E-state index < -0.39 is 4.92 Å². The maximum atomic E-state index is 12.7. The summed E-state index contributed by atoms with van der Waals surface area (Å²) in [4.78, 5) is 25.3. The number of thioether (sulfide) groups is 1. The number of likely N-dealkylation sites (N-methyl/N-ethyl adjacent to an activating group) is 1. The summed E-state index contributed by atoms with van der Waals surface area (Å²) in [5, 5.41) is 12.8. The summed E-state index contributed by atoms with van der Waals surface area (Å²) in [6.07, 6.45) is 1.84. The van der Waals surface area contributed by atoms with Crippen LogP contribution in [0, 0.1) is 10.1 Å². The summed E-state index contributed by atoms with van der Waals surface area (Å²) in [7, 11) is 0. The quantitative estimate of drug-likeness (QED) is 0.212. The average Bonchev–Trinajstić information content (AvgIpc) is 3.05. The number of amides is 1. The Kier molecular flexibility index (Phi) is 6.01. The minimum absolute atomic E-state index is 0.0353. The minimum Gasteiger partial charge on any atom is -0.488 e. The van der Waals surface area contributed by atoms with Crippen LogP contribution in [0.15, 0.2) is 65.6 Å². The average molecular weight is 451 g/mol. The van der Waals surface area contributed by atoms with E-state index in [-0.39, 0.29) is 18.2 Å². The number of hydrogen-bond acceptors (Lipinski definition) is 6. The lowest BCUT2D eigenvalue weighted by Crippen LogP contribution is -2.27. The summed E-state index contributed by atoms with van der Waals surface area (Å²) in [6.45, 7) is 2.67. The lowest BCUT2D eigenvalue weighted by Gasteiger charge is -2.13. The third kappa shape index (κ3) is 4.30. The van der Waals surface area contributed by atoms with Crippen molar-refractivity contribution in [1.82, 2.24) is 4.90 Å². The second-order valence-corrected chi connectivity index (χ2v) is 8.51. The van der Waals surface area contributed by atoms with Gasteiger partial charge in [-0.15, -0.1) is 0 Å². The molecular formula is C23H18N2O4S2. The molecular weight excluding hydrogens is 432 g/mol. The first kappa shape index (κ1) is 21.0. The van der Waals surface area contributed by atoms with Crippen LogP contribution in [0.25, 0.3) is 16.8 Å². The Morgan fingerprint density at radius 1 is 1.13 bits per heavy atom. The first-order valence-corrected chi connectivity index (χ1v) is 10.8. The summed E-state index contributed by atoms with van der Waals surface area (Å²) >= 11 is 6.62. The van der Waals surface area contributed by atoms with Crippen LogP contribution in [-0.2, 0) is 11.4 Å².